The van der Waals surface area contributed by atoms with Gasteiger partial charge in [-0.15, -0.1) is 0 Å². The number of carbonyl (C=O) groups is 1. The lowest BCUT2D eigenvalue weighted by molar-refractivity contribution is 0.102. The van der Waals surface area contributed by atoms with Crippen LogP contribution < -0.4 is 15.5 Å². The van der Waals surface area contributed by atoms with Gasteiger partial charge in [-0.2, -0.15) is 0 Å². The third kappa shape index (κ3) is 6.09. The summed E-state index contributed by atoms with van der Waals surface area (Å²) in [5, 5.41) is 15.2. The normalized spacial score (nSPS) is 13.7. The number of ether oxygens (including phenoxy) is 1. The summed E-state index contributed by atoms with van der Waals surface area (Å²) in [6.45, 7) is 4.98. The number of aromatic nitrogens is 2. The Hall–Kier alpha value is -3.63. The summed E-state index contributed by atoms with van der Waals surface area (Å²) in [6, 6.07) is 11.9. The van der Waals surface area contributed by atoms with Crippen molar-refractivity contribution in [2.75, 3.05) is 55.0 Å². The molecule has 35 heavy (non-hydrogen) atoms. The van der Waals surface area contributed by atoms with Crippen molar-refractivity contribution in [3.63, 3.8) is 0 Å². The van der Waals surface area contributed by atoms with E-state index in [0.717, 1.165) is 41.7 Å². The zero-order valence-corrected chi connectivity index (χ0v) is 19.3. The van der Waals surface area contributed by atoms with E-state index in [1.807, 2.05) is 31.2 Å². The molecule has 1 amide bonds. The molecule has 3 heterocycles. The molecule has 2 aromatic heterocycles. The molecule has 4 rings (SSSR count). The number of alkyl halides is 2. The lowest BCUT2D eigenvalue weighted by Crippen LogP contribution is -2.36. The van der Waals surface area contributed by atoms with Crippen LogP contribution in [0, 0.1) is 6.92 Å². The standard InChI is InChI=1S/C25H27F2N5O3/c1-16-2-3-19(30-25(34)17-4-5-28-21(12-17)24(26)27)15-20(16)18-13-22(29-6-9-33)31-23(14-18)32-7-10-35-11-8-32/h2-5,12-15,24,33H,6-11H2,1H3,(H,29,31)(H,30,34). The zero-order valence-electron chi connectivity index (χ0n) is 19.3. The first-order valence-corrected chi connectivity index (χ1v) is 11.3. The van der Waals surface area contributed by atoms with Crippen LogP contribution in [0.1, 0.15) is 28.0 Å². The molecule has 0 unspecified atom stereocenters. The lowest BCUT2D eigenvalue weighted by Gasteiger charge is -2.28. The average molecular weight is 484 g/mol. The number of amides is 1. The van der Waals surface area contributed by atoms with E-state index < -0.39 is 18.0 Å². The van der Waals surface area contributed by atoms with Crippen LogP contribution in [0.15, 0.2) is 48.7 Å². The van der Waals surface area contributed by atoms with Crippen LogP contribution in [0.3, 0.4) is 0 Å². The molecule has 1 aliphatic heterocycles. The number of carbonyl (C=O) groups excluding carboxylic acids is 1. The zero-order chi connectivity index (χ0) is 24.8. The second-order valence-electron chi connectivity index (χ2n) is 8.10. The molecule has 3 N–H and O–H groups in total. The number of hydrogen-bond acceptors (Lipinski definition) is 7. The first-order valence-electron chi connectivity index (χ1n) is 11.3. The van der Waals surface area contributed by atoms with Gasteiger partial charge in [-0.3, -0.25) is 9.78 Å². The Morgan fingerprint density at radius 2 is 1.97 bits per heavy atom. The van der Waals surface area contributed by atoms with Gasteiger partial charge >= 0.3 is 0 Å². The predicted molar refractivity (Wildman–Crippen MR) is 130 cm³/mol. The van der Waals surface area contributed by atoms with E-state index in [1.165, 1.54) is 12.3 Å². The van der Waals surface area contributed by atoms with Crippen molar-refractivity contribution in [2.45, 2.75) is 13.3 Å². The Kier molecular flexibility index (Phi) is 7.84. The van der Waals surface area contributed by atoms with E-state index in [2.05, 4.69) is 20.5 Å². The van der Waals surface area contributed by atoms with Gasteiger partial charge in [0.05, 0.1) is 19.8 Å². The maximum absolute atomic E-state index is 13.0. The van der Waals surface area contributed by atoms with Crippen molar-refractivity contribution in [3.8, 4) is 11.1 Å². The van der Waals surface area contributed by atoms with Crippen molar-refractivity contribution in [1.29, 1.82) is 0 Å². The highest BCUT2D eigenvalue weighted by Gasteiger charge is 2.17. The molecule has 0 atom stereocenters. The van der Waals surface area contributed by atoms with Crippen LogP contribution in [0.25, 0.3) is 11.1 Å². The van der Waals surface area contributed by atoms with E-state index in [9.17, 15) is 18.7 Å². The quantitative estimate of drug-likeness (QED) is 0.447. The van der Waals surface area contributed by atoms with Crippen molar-refractivity contribution >= 4 is 23.2 Å². The average Bonchev–Trinajstić information content (AvgIpc) is 2.89. The number of morpholine rings is 1. The van der Waals surface area contributed by atoms with Crippen LogP contribution in [0.2, 0.25) is 0 Å². The molecule has 1 aliphatic rings. The third-order valence-electron chi connectivity index (χ3n) is 5.64. The van der Waals surface area contributed by atoms with Crippen molar-refractivity contribution in [3.05, 3.63) is 65.5 Å². The molecule has 1 fully saturated rings. The van der Waals surface area contributed by atoms with Crippen LogP contribution in [0.4, 0.5) is 26.1 Å². The maximum atomic E-state index is 13.0. The van der Waals surface area contributed by atoms with Gasteiger partial charge in [-0.05, 0) is 60.0 Å². The van der Waals surface area contributed by atoms with Gasteiger partial charge < -0.3 is 25.4 Å². The monoisotopic (exact) mass is 483 g/mol. The Bertz CT molecular complexity index is 1190. The lowest BCUT2D eigenvalue weighted by atomic mass is 10.00. The van der Waals surface area contributed by atoms with Crippen LogP contribution in [0.5, 0.6) is 0 Å². The molecule has 0 radical (unpaired) electrons. The Labute approximate surface area is 202 Å². The number of halogens is 2. The highest BCUT2D eigenvalue weighted by Crippen LogP contribution is 2.31. The number of aliphatic hydroxyl groups is 1. The summed E-state index contributed by atoms with van der Waals surface area (Å²) in [5.74, 6) is 0.915. The Balaban J connectivity index is 1.64. The fraction of sp³-hybridized carbons (Fsp3) is 0.320. The molecule has 0 saturated carbocycles. The van der Waals surface area contributed by atoms with Crippen LogP contribution in [-0.2, 0) is 4.74 Å². The molecule has 3 aromatic rings. The number of pyridine rings is 2. The minimum absolute atomic E-state index is 0.0262. The summed E-state index contributed by atoms with van der Waals surface area (Å²) >= 11 is 0. The van der Waals surface area contributed by atoms with Gasteiger partial charge in [0, 0.05) is 37.1 Å². The highest BCUT2D eigenvalue weighted by atomic mass is 19.3. The minimum Gasteiger partial charge on any atom is -0.395 e. The second kappa shape index (κ2) is 11.2. The molecule has 10 heteroatoms. The summed E-state index contributed by atoms with van der Waals surface area (Å²) in [5.41, 5.74) is 2.94. The number of rotatable bonds is 8. The summed E-state index contributed by atoms with van der Waals surface area (Å²) in [7, 11) is 0. The molecule has 0 bridgehead atoms. The third-order valence-corrected chi connectivity index (χ3v) is 5.64. The number of anilines is 3. The number of hydrogen-bond donors (Lipinski definition) is 3. The number of nitrogens with zero attached hydrogens (tertiary/aromatic N) is 3. The molecule has 0 spiro atoms. The highest BCUT2D eigenvalue weighted by molar-refractivity contribution is 6.04. The number of nitrogens with one attached hydrogen (secondary N) is 2. The van der Waals surface area contributed by atoms with E-state index in [4.69, 9.17) is 9.72 Å². The first kappa shape index (κ1) is 24.5. The van der Waals surface area contributed by atoms with Gasteiger partial charge in [-0.25, -0.2) is 13.8 Å². The SMILES string of the molecule is Cc1ccc(NC(=O)c2ccnc(C(F)F)c2)cc1-c1cc(NCCO)nc(N2CCOCC2)c1. The van der Waals surface area contributed by atoms with E-state index in [0.29, 0.717) is 31.3 Å². The molecule has 1 saturated heterocycles. The van der Waals surface area contributed by atoms with Gasteiger partial charge in [0.25, 0.3) is 12.3 Å². The van der Waals surface area contributed by atoms with E-state index in [1.54, 1.807) is 6.07 Å². The smallest absolute Gasteiger partial charge is 0.280 e. The fourth-order valence-corrected chi connectivity index (χ4v) is 3.82. The topological polar surface area (TPSA) is 99.6 Å². The van der Waals surface area contributed by atoms with E-state index in [-0.39, 0.29) is 12.2 Å². The predicted octanol–water partition coefficient (Wildman–Crippen LogP) is 3.88. The summed E-state index contributed by atoms with van der Waals surface area (Å²) in [4.78, 5) is 23.1. The largest absolute Gasteiger partial charge is 0.395 e. The molecule has 184 valence electrons. The van der Waals surface area contributed by atoms with Crippen molar-refractivity contribution < 1.29 is 23.4 Å². The Morgan fingerprint density at radius 3 is 2.71 bits per heavy atom. The number of aryl methyl sites for hydroxylation is 1. The van der Waals surface area contributed by atoms with Crippen LogP contribution >= 0.6 is 0 Å². The molecule has 0 aliphatic carbocycles. The van der Waals surface area contributed by atoms with E-state index >= 15 is 0 Å². The molecule has 8 nitrogen and oxygen atoms in total. The Morgan fingerprint density at radius 1 is 1.17 bits per heavy atom. The maximum Gasteiger partial charge on any atom is 0.280 e. The van der Waals surface area contributed by atoms with Gasteiger partial charge in [0.1, 0.15) is 17.3 Å². The second-order valence-corrected chi connectivity index (χ2v) is 8.10. The minimum atomic E-state index is -2.75. The van der Waals surface area contributed by atoms with Gasteiger partial charge in [-0.1, -0.05) is 6.07 Å². The van der Waals surface area contributed by atoms with Gasteiger partial charge in [0.2, 0.25) is 0 Å². The fourth-order valence-electron chi connectivity index (χ4n) is 3.82. The number of benzene rings is 1. The number of aliphatic hydroxyl groups excluding tert-OH is 1. The molecule has 1 aromatic carbocycles. The summed E-state index contributed by atoms with van der Waals surface area (Å²) < 4.78 is 31.4. The summed E-state index contributed by atoms with van der Waals surface area (Å²) in [6.07, 6.45) is -1.56. The van der Waals surface area contributed by atoms with Crippen molar-refractivity contribution in [2.24, 2.45) is 0 Å². The van der Waals surface area contributed by atoms with Gasteiger partial charge in [0.15, 0.2) is 0 Å². The van der Waals surface area contributed by atoms with Crippen LogP contribution in [-0.4, -0.2) is 60.4 Å². The molecular formula is C25H27F2N5O3. The first-order chi connectivity index (χ1) is 16.9. The van der Waals surface area contributed by atoms with Crippen molar-refractivity contribution in [1.82, 2.24) is 9.97 Å². The molecular weight excluding hydrogens is 456 g/mol.